The third-order valence-electron chi connectivity index (χ3n) is 4.46. The van der Waals surface area contributed by atoms with Gasteiger partial charge in [-0.15, -0.1) is 0 Å². The molecule has 0 aliphatic heterocycles. The molecule has 0 bridgehead atoms. The molecule has 0 atom stereocenters. The Hall–Kier alpha value is -1.58. The topological polar surface area (TPSA) is 55.2 Å². The van der Waals surface area contributed by atoms with Crippen LogP contribution in [-0.2, 0) is 0 Å². The number of nitrogens with zero attached hydrogens (tertiary/aromatic N) is 1. The van der Waals surface area contributed by atoms with Gasteiger partial charge in [-0.1, -0.05) is 19.8 Å². The quantitative estimate of drug-likeness (QED) is 0.653. The van der Waals surface area contributed by atoms with Gasteiger partial charge in [0.15, 0.2) is 0 Å². The number of nitro groups is 1. The molecule has 1 aromatic rings. The van der Waals surface area contributed by atoms with Crippen molar-refractivity contribution in [3.63, 3.8) is 0 Å². The molecule has 0 unspecified atom stereocenters. The molecule has 0 spiro atoms. The van der Waals surface area contributed by atoms with E-state index in [1.165, 1.54) is 25.7 Å². The summed E-state index contributed by atoms with van der Waals surface area (Å²) >= 11 is 0. The normalized spacial score (nSPS) is 22.6. The van der Waals surface area contributed by atoms with Crippen LogP contribution in [0.3, 0.4) is 0 Å². The third kappa shape index (κ3) is 3.50. The maximum absolute atomic E-state index is 10.9. The summed E-state index contributed by atoms with van der Waals surface area (Å²) in [7, 11) is 0. The molecule has 0 amide bonds. The second-order valence-electron chi connectivity index (χ2n) is 6.22. The van der Waals surface area contributed by atoms with Crippen LogP contribution in [0.4, 0.5) is 11.4 Å². The molecular formula is C16H24N2O2. The van der Waals surface area contributed by atoms with Crippen molar-refractivity contribution in [1.82, 2.24) is 0 Å². The predicted molar refractivity (Wildman–Crippen MR) is 82.2 cm³/mol. The summed E-state index contributed by atoms with van der Waals surface area (Å²) in [5.41, 5.74) is 2.91. The van der Waals surface area contributed by atoms with Gasteiger partial charge in [0.2, 0.25) is 0 Å². The van der Waals surface area contributed by atoms with Crippen molar-refractivity contribution in [2.24, 2.45) is 11.8 Å². The molecule has 0 aromatic heterocycles. The summed E-state index contributed by atoms with van der Waals surface area (Å²) in [5, 5.41) is 14.4. The zero-order chi connectivity index (χ0) is 14.7. The Bertz CT molecular complexity index is 491. The molecule has 0 radical (unpaired) electrons. The lowest BCUT2D eigenvalue weighted by molar-refractivity contribution is -0.385. The molecular weight excluding hydrogens is 252 g/mol. The Balaban J connectivity index is 1.99. The Morgan fingerprint density at radius 1 is 1.20 bits per heavy atom. The molecule has 20 heavy (non-hydrogen) atoms. The molecule has 4 heteroatoms. The number of benzene rings is 1. The van der Waals surface area contributed by atoms with Gasteiger partial charge in [-0.05, 0) is 50.2 Å². The van der Waals surface area contributed by atoms with E-state index in [0.29, 0.717) is 0 Å². The zero-order valence-electron chi connectivity index (χ0n) is 12.6. The molecule has 1 aliphatic rings. The highest BCUT2D eigenvalue weighted by Gasteiger charge is 2.19. The van der Waals surface area contributed by atoms with Crippen LogP contribution in [-0.4, -0.2) is 11.5 Å². The minimum atomic E-state index is -0.311. The molecule has 2 rings (SSSR count). The first kappa shape index (κ1) is 14.8. The monoisotopic (exact) mass is 276 g/mol. The summed E-state index contributed by atoms with van der Waals surface area (Å²) in [5.74, 6) is 1.61. The van der Waals surface area contributed by atoms with Crippen molar-refractivity contribution in [2.45, 2.75) is 46.5 Å². The van der Waals surface area contributed by atoms with E-state index in [1.54, 1.807) is 13.0 Å². The Morgan fingerprint density at radius 3 is 2.45 bits per heavy atom. The average molecular weight is 276 g/mol. The standard InChI is InChI=1S/C16H24N2O2/c1-11-4-6-14(7-5-11)10-17-15-8-13(3)16(18(19)20)9-12(15)2/h8-9,11,14,17H,4-7,10H2,1-3H3. The number of hydrogen-bond donors (Lipinski definition) is 1. The summed E-state index contributed by atoms with van der Waals surface area (Å²) in [6.07, 6.45) is 5.23. The van der Waals surface area contributed by atoms with Crippen LogP contribution < -0.4 is 5.32 Å². The van der Waals surface area contributed by atoms with Gasteiger partial charge >= 0.3 is 0 Å². The van der Waals surface area contributed by atoms with Crippen molar-refractivity contribution < 1.29 is 4.92 Å². The van der Waals surface area contributed by atoms with E-state index in [0.717, 1.165) is 35.2 Å². The zero-order valence-corrected chi connectivity index (χ0v) is 12.6. The Kier molecular flexibility index (Phi) is 4.63. The SMILES string of the molecule is Cc1cc([N+](=O)[O-])c(C)cc1NCC1CCC(C)CC1. The Morgan fingerprint density at radius 2 is 1.85 bits per heavy atom. The maximum atomic E-state index is 10.9. The van der Waals surface area contributed by atoms with Crippen molar-refractivity contribution >= 4 is 11.4 Å². The van der Waals surface area contributed by atoms with Crippen LogP contribution >= 0.6 is 0 Å². The summed E-state index contributed by atoms with van der Waals surface area (Å²) < 4.78 is 0. The number of nitrogens with one attached hydrogen (secondary N) is 1. The van der Waals surface area contributed by atoms with E-state index < -0.39 is 0 Å². The molecule has 1 N–H and O–H groups in total. The molecule has 110 valence electrons. The molecule has 1 saturated carbocycles. The van der Waals surface area contributed by atoms with Gasteiger partial charge in [-0.3, -0.25) is 10.1 Å². The van der Waals surface area contributed by atoms with E-state index in [9.17, 15) is 10.1 Å². The number of aryl methyl sites for hydroxylation is 2. The van der Waals surface area contributed by atoms with Gasteiger partial charge in [-0.25, -0.2) is 0 Å². The van der Waals surface area contributed by atoms with Crippen molar-refractivity contribution in [1.29, 1.82) is 0 Å². The summed E-state index contributed by atoms with van der Waals surface area (Å²) in [6.45, 7) is 7.03. The highest BCUT2D eigenvalue weighted by atomic mass is 16.6. The van der Waals surface area contributed by atoms with E-state index >= 15 is 0 Å². The first-order chi connectivity index (χ1) is 9.47. The van der Waals surface area contributed by atoms with Gasteiger partial charge in [0, 0.05) is 23.9 Å². The molecule has 0 saturated heterocycles. The van der Waals surface area contributed by atoms with Crippen LogP contribution in [0.1, 0.15) is 43.7 Å². The fourth-order valence-electron chi connectivity index (χ4n) is 2.98. The van der Waals surface area contributed by atoms with Crippen LogP contribution in [0.5, 0.6) is 0 Å². The van der Waals surface area contributed by atoms with Gasteiger partial charge in [0.25, 0.3) is 5.69 Å². The van der Waals surface area contributed by atoms with Crippen LogP contribution in [0, 0.1) is 35.8 Å². The molecule has 1 fully saturated rings. The fourth-order valence-corrected chi connectivity index (χ4v) is 2.98. The first-order valence-electron chi connectivity index (χ1n) is 7.47. The first-order valence-corrected chi connectivity index (χ1v) is 7.47. The highest BCUT2D eigenvalue weighted by molar-refractivity contribution is 5.59. The highest BCUT2D eigenvalue weighted by Crippen LogP contribution is 2.30. The minimum Gasteiger partial charge on any atom is -0.385 e. The van der Waals surface area contributed by atoms with E-state index in [-0.39, 0.29) is 10.6 Å². The van der Waals surface area contributed by atoms with Crippen LogP contribution in [0.15, 0.2) is 12.1 Å². The van der Waals surface area contributed by atoms with Crippen molar-refractivity contribution in [2.75, 3.05) is 11.9 Å². The number of rotatable bonds is 4. The number of anilines is 1. The smallest absolute Gasteiger partial charge is 0.272 e. The average Bonchev–Trinajstić information content (AvgIpc) is 2.41. The molecule has 1 aromatic carbocycles. The van der Waals surface area contributed by atoms with Gasteiger partial charge in [0.1, 0.15) is 0 Å². The van der Waals surface area contributed by atoms with Gasteiger partial charge in [-0.2, -0.15) is 0 Å². The molecule has 4 nitrogen and oxygen atoms in total. The molecule has 0 heterocycles. The minimum absolute atomic E-state index is 0.208. The van der Waals surface area contributed by atoms with Crippen molar-refractivity contribution in [3.8, 4) is 0 Å². The van der Waals surface area contributed by atoms with E-state index in [2.05, 4.69) is 12.2 Å². The summed E-state index contributed by atoms with van der Waals surface area (Å²) in [6, 6.07) is 3.57. The number of nitro benzene ring substituents is 1. The lowest BCUT2D eigenvalue weighted by atomic mass is 9.83. The lowest BCUT2D eigenvalue weighted by Gasteiger charge is -2.26. The largest absolute Gasteiger partial charge is 0.385 e. The van der Waals surface area contributed by atoms with Gasteiger partial charge in [0.05, 0.1) is 4.92 Å². The van der Waals surface area contributed by atoms with Crippen LogP contribution in [0.2, 0.25) is 0 Å². The van der Waals surface area contributed by atoms with Crippen LogP contribution in [0.25, 0.3) is 0 Å². The number of hydrogen-bond acceptors (Lipinski definition) is 3. The van der Waals surface area contributed by atoms with Crippen molar-refractivity contribution in [3.05, 3.63) is 33.4 Å². The third-order valence-corrected chi connectivity index (χ3v) is 4.46. The molecule has 1 aliphatic carbocycles. The van der Waals surface area contributed by atoms with E-state index in [1.807, 2.05) is 13.0 Å². The van der Waals surface area contributed by atoms with Gasteiger partial charge < -0.3 is 5.32 Å². The van der Waals surface area contributed by atoms with E-state index in [4.69, 9.17) is 0 Å². The fraction of sp³-hybridized carbons (Fsp3) is 0.625. The lowest BCUT2D eigenvalue weighted by Crippen LogP contribution is -2.20. The second kappa shape index (κ2) is 6.25. The Labute approximate surface area is 120 Å². The predicted octanol–water partition coefficient (Wildman–Crippen LogP) is 4.45. The second-order valence-corrected chi connectivity index (χ2v) is 6.22. The maximum Gasteiger partial charge on any atom is 0.272 e. The summed E-state index contributed by atoms with van der Waals surface area (Å²) in [4.78, 5) is 10.6.